The molecule has 4 heteroatoms. The number of piperidine rings is 1. The van der Waals surface area contributed by atoms with E-state index in [-0.39, 0.29) is 5.91 Å². The molecule has 1 aliphatic carbocycles. The number of amides is 1. The van der Waals surface area contributed by atoms with Crippen LogP contribution < -0.4 is 10.1 Å². The Hall–Kier alpha value is -3.11. The Morgan fingerprint density at radius 2 is 1.51 bits per heavy atom. The normalized spacial score (nSPS) is 17.7. The number of nitrogens with one attached hydrogen (secondary N) is 1. The number of methoxy groups -OCH3 is 1. The van der Waals surface area contributed by atoms with Crippen LogP contribution in [0.3, 0.4) is 0 Å². The first-order valence-corrected chi connectivity index (χ1v) is 13.1. The van der Waals surface area contributed by atoms with Gasteiger partial charge in [0, 0.05) is 17.3 Å². The predicted molar refractivity (Wildman–Crippen MR) is 143 cm³/mol. The van der Waals surface area contributed by atoms with Crippen LogP contribution in [0.5, 0.6) is 5.75 Å². The van der Waals surface area contributed by atoms with E-state index in [1.807, 2.05) is 54.6 Å². The minimum absolute atomic E-state index is 0.0900. The summed E-state index contributed by atoms with van der Waals surface area (Å²) in [6, 6.07) is 24.8. The molecule has 0 bridgehead atoms. The Kier molecular flexibility index (Phi) is 7.48. The van der Waals surface area contributed by atoms with Gasteiger partial charge in [0.15, 0.2) is 0 Å². The van der Waals surface area contributed by atoms with Crippen molar-refractivity contribution in [3.05, 3.63) is 83.9 Å². The third kappa shape index (κ3) is 5.59. The second kappa shape index (κ2) is 11.1. The minimum Gasteiger partial charge on any atom is -0.496 e. The van der Waals surface area contributed by atoms with Crippen molar-refractivity contribution < 1.29 is 9.53 Å². The van der Waals surface area contributed by atoms with Crippen LogP contribution >= 0.6 is 0 Å². The topological polar surface area (TPSA) is 41.6 Å². The van der Waals surface area contributed by atoms with Crippen LogP contribution in [0.2, 0.25) is 0 Å². The summed E-state index contributed by atoms with van der Waals surface area (Å²) >= 11 is 0. The zero-order valence-corrected chi connectivity index (χ0v) is 20.7. The Morgan fingerprint density at radius 1 is 0.829 bits per heavy atom. The minimum atomic E-state index is -0.0900. The molecule has 1 saturated heterocycles. The summed E-state index contributed by atoms with van der Waals surface area (Å²) in [4.78, 5) is 15.7. The van der Waals surface area contributed by atoms with Crippen LogP contribution in [0.25, 0.3) is 11.1 Å². The van der Waals surface area contributed by atoms with E-state index in [2.05, 4.69) is 28.4 Å². The third-order valence-corrected chi connectivity index (χ3v) is 7.80. The molecule has 2 aliphatic rings. The summed E-state index contributed by atoms with van der Waals surface area (Å²) in [6.07, 6.45) is 9.18. The van der Waals surface area contributed by atoms with E-state index in [9.17, 15) is 4.79 Å². The third-order valence-electron chi connectivity index (χ3n) is 7.80. The highest BCUT2D eigenvalue weighted by atomic mass is 16.5. The maximum Gasteiger partial charge on any atom is 0.255 e. The maximum atomic E-state index is 13.0. The van der Waals surface area contributed by atoms with Crippen molar-refractivity contribution in [3.63, 3.8) is 0 Å². The van der Waals surface area contributed by atoms with Gasteiger partial charge in [-0.25, -0.2) is 0 Å². The monoisotopic (exact) mass is 468 g/mol. The molecule has 1 aliphatic heterocycles. The van der Waals surface area contributed by atoms with Gasteiger partial charge in [-0.2, -0.15) is 0 Å². The first kappa shape index (κ1) is 23.6. The van der Waals surface area contributed by atoms with Crippen LogP contribution in [-0.4, -0.2) is 37.0 Å². The SMILES string of the molecule is COc1ccc(NC(=O)c2ccc(-c3ccccc3)cc2)cc1C1CCN(C2CCCCC2)CC1. The van der Waals surface area contributed by atoms with E-state index >= 15 is 0 Å². The molecule has 0 unspecified atom stereocenters. The maximum absolute atomic E-state index is 13.0. The summed E-state index contributed by atoms with van der Waals surface area (Å²) in [6.45, 7) is 2.31. The smallest absolute Gasteiger partial charge is 0.255 e. The zero-order chi connectivity index (χ0) is 24.0. The van der Waals surface area contributed by atoms with Gasteiger partial charge < -0.3 is 15.0 Å². The predicted octanol–water partition coefficient (Wildman–Crippen LogP) is 7.13. The molecule has 3 aromatic rings. The molecule has 5 rings (SSSR count). The number of ether oxygens (including phenoxy) is 1. The average Bonchev–Trinajstić information content (AvgIpc) is 2.94. The van der Waals surface area contributed by atoms with Gasteiger partial charge in [0.25, 0.3) is 5.91 Å². The number of likely N-dealkylation sites (tertiary alicyclic amines) is 1. The number of carbonyl (C=O) groups is 1. The molecule has 0 atom stereocenters. The molecule has 1 amide bonds. The second-order valence-electron chi connectivity index (χ2n) is 9.96. The lowest BCUT2D eigenvalue weighted by Gasteiger charge is -2.39. The van der Waals surface area contributed by atoms with Gasteiger partial charge in [-0.3, -0.25) is 4.79 Å². The first-order chi connectivity index (χ1) is 17.2. The van der Waals surface area contributed by atoms with Crippen LogP contribution in [0.1, 0.15) is 66.8 Å². The van der Waals surface area contributed by atoms with E-state index in [4.69, 9.17) is 4.74 Å². The lowest BCUT2D eigenvalue weighted by Crippen LogP contribution is -2.41. The Morgan fingerprint density at radius 3 is 2.20 bits per heavy atom. The van der Waals surface area contributed by atoms with Gasteiger partial charge >= 0.3 is 0 Å². The second-order valence-corrected chi connectivity index (χ2v) is 9.96. The average molecular weight is 469 g/mol. The highest BCUT2D eigenvalue weighted by Gasteiger charge is 2.28. The quantitative estimate of drug-likeness (QED) is 0.418. The fourth-order valence-electron chi connectivity index (χ4n) is 5.80. The van der Waals surface area contributed by atoms with Gasteiger partial charge in [0.1, 0.15) is 5.75 Å². The standard InChI is InChI=1S/C31H36N2O2/c1-35-30-17-16-27(22-29(30)25-18-20-33(21-19-25)28-10-6-3-7-11-28)32-31(34)26-14-12-24(13-15-26)23-8-4-2-5-9-23/h2,4-5,8-9,12-17,22,25,28H,3,6-7,10-11,18-21H2,1H3,(H,32,34). The highest BCUT2D eigenvalue weighted by molar-refractivity contribution is 6.04. The zero-order valence-electron chi connectivity index (χ0n) is 20.7. The molecule has 1 N–H and O–H groups in total. The summed E-state index contributed by atoms with van der Waals surface area (Å²) in [5.41, 5.74) is 4.95. The van der Waals surface area contributed by atoms with E-state index in [1.165, 1.54) is 37.7 Å². The summed E-state index contributed by atoms with van der Waals surface area (Å²) < 4.78 is 5.72. The summed E-state index contributed by atoms with van der Waals surface area (Å²) in [5, 5.41) is 3.10. The molecular formula is C31H36N2O2. The van der Waals surface area contributed by atoms with Gasteiger partial charge in [0.05, 0.1) is 7.11 Å². The summed E-state index contributed by atoms with van der Waals surface area (Å²) in [7, 11) is 1.74. The fraction of sp³-hybridized carbons (Fsp3) is 0.387. The van der Waals surface area contributed by atoms with E-state index in [0.29, 0.717) is 11.5 Å². The molecule has 35 heavy (non-hydrogen) atoms. The van der Waals surface area contributed by atoms with Crippen molar-refractivity contribution in [3.8, 4) is 16.9 Å². The Balaban J connectivity index is 1.25. The number of hydrogen-bond acceptors (Lipinski definition) is 3. The van der Waals surface area contributed by atoms with E-state index in [0.717, 1.165) is 54.5 Å². The van der Waals surface area contributed by atoms with Gasteiger partial charge in [-0.05, 0) is 91.7 Å². The summed E-state index contributed by atoms with van der Waals surface area (Å²) in [5.74, 6) is 1.30. The van der Waals surface area contributed by atoms with E-state index < -0.39 is 0 Å². The molecule has 0 radical (unpaired) electrons. The van der Waals surface area contributed by atoms with Crippen LogP contribution in [0.4, 0.5) is 5.69 Å². The molecule has 4 nitrogen and oxygen atoms in total. The fourth-order valence-corrected chi connectivity index (χ4v) is 5.80. The van der Waals surface area contributed by atoms with Crippen molar-refractivity contribution in [2.75, 3.05) is 25.5 Å². The lowest BCUT2D eigenvalue weighted by atomic mass is 9.86. The van der Waals surface area contributed by atoms with Crippen molar-refractivity contribution in [1.29, 1.82) is 0 Å². The molecule has 1 saturated carbocycles. The molecule has 3 aromatic carbocycles. The van der Waals surface area contributed by atoms with Crippen molar-refractivity contribution in [1.82, 2.24) is 4.90 Å². The molecule has 0 spiro atoms. The Labute approximate surface area is 209 Å². The number of rotatable bonds is 6. The van der Waals surface area contributed by atoms with Crippen molar-refractivity contribution in [2.24, 2.45) is 0 Å². The molecule has 1 heterocycles. The number of hydrogen-bond donors (Lipinski definition) is 1. The van der Waals surface area contributed by atoms with Gasteiger partial charge in [0.2, 0.25) is 0 Å². The van der Waals surface area contributed by atoms with Crippen molar-refractivity contribution in [2.45, 2.75) is 56.9 Å². The molecule has 182 valence electrons. The van der Waals surface area contributed by atoms with Gasteiger partial charge in [-0.1, -0.05) is 61.7 Å². The van der Waals surface area contributed by atoms with Crippen molar-refractivity contribution >= 4 is 11.6 Å². The highest BCUT2D eigenvalue weighted by Crippen LogP contribution is 2.37. The molecule has 2 fully saturated rings. The number of nitrogens with zero attached hydrogens (tertiary/aromatic N) is 1. The van der Waals surface area contributed by atoms with E-state index in [1.54, 1.807) is 7.11 Å². The number of carbonyl (C=O) groups excluding carboxylic acids is 1. The lowest BCUT2D eigenvalue weighted by molar-refractivity contribution is 0.102. The van der Waals surface area contributed by atoms with Crippen LogP contribution in [-0.2, 0) is 0 Å². The molecular weight excluding hydrogens is 432 g/mol. The van der Waals surface area contributed by atoms with Crippen LogP contribution in [0, 0.1) is 0 Å². The first-order valence-electron chi connectivity index (χ1n) is 13.1. The largest absolute Gasteiger partial charge is 0.496 e. The van der Waals surface area contributed by atoms with Crippen LogP contribution in [0.15, 0.2) is 72.8 Å². The molecule has 0 aromatic heterocycles. The number of benzene rings is 3. The Bertz CT molecular complexity index is 1110. The number of anilines is 1. The van der Waals surface area contributed by atoms with Gasteiger partial charge in [-0.15, -0.1) is 0 Å².